The highest BCUT2D eigenvalue weighted by atomic mass is 35.5. The molecule has 0 saturated carbocycles. The highest BCUT2D eigenvalue weighted by Crippen LogP contribution is 2.25. The second kappa shape index (κ2) is 6.98. The third-order valence-corrected chi connectivity index (χ3v) is 3.43. The molecule has 0 aromatic heterocycles. The largest absolute Gasteiger partial charge is 0.334 e. The molecule has 0 spiro atoms. The first-order valence-corrected chi connectivity index (χ1v) is 6.80. The SMILES string of the molecule is CC[C@@H](C)[NH2+][C@@H](C)C(=O)Nc1cc(Cl)ccc1Cl. The van der Waals surface area contributed by atoms with Crippen LogP contribution < -0.4 is 10.6 Å². The molecule has 0 saturated heterocycles. The van der Waals surface area contributed by atoms with Crippen molar-refractivity contribution in [2.75, 3.05) is 5.32 Å². The van der Waals surface area contributed by atoms with Crippen LogP contribution in [0.4, 0.5) is 5.69 Å². The van der Waals surface area contributed by atoms with Gasteiger partial charge in [-0.1, -0.05) is 30.1 Å². The molecule has 1 rings (SSSR count). The van der Waals surface area contributed by atoms with Crippen molar-refractivity contribution in [1.29, 1.82) is 0 Å². The van der Waals surface area contributed by atoms with Gasteiger partial charge >= 0.3 is 0 Å². The normalized spacial score (nSPS) is 14.1. The van der Waals surface area contributed by atoms with Crippen LogP contribution in [-0.4, -0.2) is 18.0 Å². The standard InChI is InChI=1S/C13H18Cl2N2O/c1-4-8(2)16-9(3)13(18)17-12-7-10(14)5-6-11(12)15/h5-9,16H,4H2,1-3H3,(H,17,18)/p+1/t8-,9+/m1/s1. The Hall–Kier alpha value is -0.770. The fraction of sp³-hybridized carbons (Fsp3) is 0.462. The first-order valence-electron chi connectivity index (χ1n) is 6.05. The molecule has 100 valence electrons. The van der Waals surface area contributed by atoms with E-state index in [1.807, 2.05) is 12.2 Å². The van der Waals surface area contributed by atoms with E-state index in [1.165, 1.54) is 0 Å². The van der Waals surface area contributed by atoms with E-state index in [0.717, 1.165) is 6.42 Å². The van der Waals surface area contributed by atoms with Gasteiger partial charge in [-0.25, -0.2) is 0 Å². The van der Waals surface area contributed by atoms with Crippen LogP contribution in [0.2, 0.25) is 10.0 Å². The average molecular weight is 290 g/mol. The molecule has 0 aliphatic heterocycles. The minimum atomic E-state index is -0.157. The van der Waals surface area contributed by atoms with Gasteiger partial charge in [0, 0.05) is 5.02 Å². The Morgan fingerprint density at radius 3 is 2.67 bits per heavy atom. The number of hydrogen-bond acceptors (Lipinski definition) is 1. The van der Waals surface area contributed by atoms with Crippen molar-refractivity contribution >= 4 is 34.8 Å². The van der Waals surface area contributed by atoms with Gasteiger partial charge in [0.25, 0.3) is 5.91 Å². The van der Waals surface area contributed by atoms with Crippen molar-refractivity contribution in [2.24, 2.45) is 0 Å². The van der Waals surface area contributed by atoms with Gasteiger partial charge < -0.3 is 10.6 Å². The maximum absolute atomic E-state index is 12.0. The van der Waals surface area contributed by atoms with Crippen molar-refractivity contribution in [3.8, 4) is 0 Å². The van der Waals surface area contributed by atoms with Gasteiger partial charge in [-0.3, -0.25) is 4.79 Å². The monoisotopic (exact) mass is 289 g/mol. The number of anilines is 1. The smallest absolute Gasteiger partial charge is 0.282 e. The van der Waals surface area contributed by atoms with Crippen LogP contribution in [0.15, 0.2) is 18.2 Å². The first kappa shape index (κ1) is 15.3. The van der Waals surface area contributed by atoms with Gasteiger partial charge in [0.15, 0.2) is 6.04 Å². The summed E-state index contributed by atoms with van der Waals surface area (Å²) in [5, 5.41) is 5.87. The van der Waals surface area contributed by atoms with Crippen LogP contribution in [-0.2, 0) is 4.79 Å². The van der Waals surface area contributed by atoms with Crippen LogP contribution in [0.5, 0.6) is 0 Å². The van der Waals surface area contributed by atoms with Gasteiger partial charge in [0.2, 0.25) is 0 Å². The molecule has 3 N–H and O–H groups in total. The van der Waals surface area contributed by atoms with Gasteiger partial charge in [0.05, 0.1) is 16.8 Å². The number of carbonyl (C=O) groups is 1. The predicted molar refractivity (Wildman–Crippen MR) is 76.2 cm³/mol. The zero-order valence-corrected chi connectivity index (χ0v) is 12.3. The lowest BCUT2D eigenvalue weighted by molar-refractivity contribution is -0.703. The number of rotatable bonds is 5. The van der Waals surface area contributed by atoms with Crippen molar-refractivity contribution < 1.29 is 10.1 Å². The van der Waals surface area contributed by atoms with Gasteiger partial charge in [-0.2, -0.15) is 0 Å². The van der Waals surface area contributed by atoms with E-state index < -0.39 is 0 Å². The van der Waals surface area contributed by atoms with Crippen LogP contribution in [0.3, 0.4) is 0 Å². The summed E-state index contributed by atoms with van der Waals surface area (Å²) in [7, 11) is 0. The van der Waals surface area contributed by atoms with Crippen molar-refractivity contribution in [3.63, 3.8) is 0 Å². The van der Waals surface area contributed by atoms with Crippen LogP contribution >= 0.6 is 23.2 Å². The van der Waals surface area contributed by atoms with Crippen molar-refractivity contribution in [1.82, 2.24) is 0 Å². The molecule has 0 aliphatic carbocycles. The summed E-state index contributed by atoms with van der Waals surface area (Å²) >= 11 is 11.9. The summed E-state index contributed by atoms with van der Waals surface area (Å²) in [6.07, 6.45) is 1.02. The third-order valence-electron chi connectivity index (χ3n) is 2.86. The Balaban J connectivity index is 2.66. The molecule has 1 aromatic carbocycles. The quantitative estimate of drug-likeness (QED) is 0.860. The summed E-state index contributed by atoms with van der Waals surface area (Å²) in [6.45, 7) is 6.07. The maximum Gasteiger partial charge on any atom is 0.282 e. The van der Waals surface area contributed by atoms with E-state index in [2.05, 4.69) is 19.2 Å². The summed E-state index contributed by atoms with van der Waals surface area (Å²) in [5.74, 6) is -0.0699. The van der Waals surface area contributed by atoms with E-state index in [9.17, 15) is 4.79 Å². The fourth-order valence-electron chi connectivity index (χ4n) is 1.56. The number of halogens is 2. The second-order valence-corrected chi connectivity index (χ2v) is 5.32. The lowest BCUT2D eigenvalue weighted by Crippen LogP contribution is -2.95. The zero-order valence-electron chi connectivity index (χ0n) is 10.8. The van der Waals surface area contributed by atoms with Gasteiger partial charge in [0.1, 0.15) is 0 Å². The molecule has 18 heavy (non-hydrogen) atoms. The third kappa shape index (κ3) is 4.48. The number of nitrogens with two attached hydrogens (primary N) is 1. The Bertz CT molecular complexity index is 423. The highest BCUT2D eigenvalue weighted by Gasteiger charge is 2.19. The molecular formula is C13H19Cl2N2O+. The zero-order chi connectivity index (χ0) is 13.7. The topological polar surface area (TPSA) is 45.7 Å². The molecular weight excluding hydrogens is 271 g/mol. The van der Waals surface area contributed by atoms with E-state index in [0.29, 0.717) is 21.8 Å². The maximum atomic E-state index is 12.0. The molecule has 2 atom stereocenters. The van der Waals surface area contributed by atoms with E-state index in [1.54, 1.807) is 18.2 Å². The minimum Gasteiger partial charge on any atom is -0.334 e. The molecule has 3 nitrogen and oxygen atoms in total. The van der Waals surface area contributed by atoms with Crippen molar-refractivity contribution in [3.05, 3.63) is 28.2 Å². The molecule has 0 radical (unpaired) electrons. The Morgan fingerprint density at radius 2 is 2.06 bits per heavy atom. The van der Waals surface area contributed by atoms with E-state index in [-0.39, 0.29) is 11.9 Å². The van der Waals surface area contributed by atoms with Crippen LogP contribution in [0.25, 0.3) is 0 Å². The summed E-state index contributed by atoms with van der Waals surface area (Å²) in [5.41, 5.74) is 0.554. The number of amides is 1. The summed E-state index contributed by atoms with van der Waals surface area (Å²) in [6, 6.07) is 5.27. The fourth-order valence-corrected chi connectivity index (χ4v) is 1.89. The molecule has 0 bridgehead atoms. The molecule has 1 amide bonds. The lowest BCUT2D eigenvalue weighted by Gasteiger charge is -2.15. The number of carbonyl (C=O) groups excluding carboxylic acids is 1. The van der Waals surface area contributed by atoms with Crippen LogP contribution in [0.1, 0.15) is 27.2 Å². The molecule has 0 aliphatic rings. The number of quaternary nitrogens is 1. The van der Waals surface area contributed by atoms with Gasteiger partial charge in [-0.05, 0) is 38.5 Å². The number of hydrogen-bond donors (Lipinski definition) is 2. The molecule has 0 unspecified atom stereocenters. The Labute approximate surface area is 118 Å². The Morgan fingerprint density at radius 1 is 1.39 bits per heavy atom. The van der Waals surface area contributed by atoms with E-state index >= 15 is 0 Å². The minimum absolute atomic E-state index is 0.0699. The molecule has 0 fully saturated rings. The lowest BCUT2D eigenvalue weighted by atomic mass is 10.2. The number of benzene rings is 1. The van der Waals surface area contributed by atoms with Crippen LogP contribution in [0, 0.1) is 0 Å². The Kier molecular flexibility index (Phi) is 5.93. The van der Waals surface area contributed by atoms with Gasteiger partial charge in [-0.15, -0.1) is 0 Å². The number of nitrogens with one attached hydrogen (secondary N) is 1. The van der Waals surface area contributed by atoms with E-state index in [4.69, 9.17) is 23.2 Å². The molecule has 5 heteroatoms. The molecule has 1 aromatic rings. The van der Waals surface area contributed by atoms with Crippen molar-refractivity contribution in [2.45, 2.75) is 39.3 Å². The average Bonchev–Trinajstić information content (AvgIpc) is 2.33. The second-order valence-electron chi connectivity index (χ2n) is 4.48. The first-order chi connectivity index (χ1) is 8.43. The highest BCUT2D eigenvalue weighted by molar-refractivity contribution is 6.35. The summed E-state index contributed by atoms with van der Waals surface area (Å²) in [4.78, 5) is 12.0. The summed E-state index contributed by atoms with van der Waals surface area (Å²) < 4.78 is 0. The molecule has 0 heterocycles. The predicted octanol–water partition coefficient (Wildman–Crippen LogP) is 2.68.